The number of aromatic nitrogens is 2. The Bertz CT molecular complexity index is 968. The number of hydrogen-bond donors (Lipinski definition) is 2. The summed E-state index contributed by atoms with van der Waals surface area (Å²) in [7, 11) is 0. The van der Waals surface area contributed by atoms with E-state index in [1.54, 1.807) is 6.20 Å². The van der Waals surface area contributed by atoms with E-state index in [9.17, 15) is 9.90 Å². The molecule has 0 radical (unpaired) electrons. The van der Waals surface area contributed by atoms with E-state index in [-0.39, 0.29) is 24.2 Å². The number of aliphatic hydroxyl groups is 1. The summed E-state index contributed by atoms with van der Waals surface area (Å²) in [5, 5.41) is 12.9. The van der Waals surface area contributed by atoms with E-state index in [4.69, 9.17) is 4.74 Å². The lowest BCUT2D eigenvalue weighted by molar-refractivity contribution is 0.0428. The first kappa shape index (κ1) is 22.0. The lowest BCUT2D eigenvalue weighted by atomic mass is 9.72. The van der Waals surface area contributed by atoms with Gasteiger partial charge in [-0.05, 0) is 67.1 Å². The number of rotatable bonds is 3. The van der Waals surface area contributed by atoms with Crippen molar-refractivity contribution in [2.75, 3.05) is 18.0 Å². The Labute approximate surface area is 191 Å². The number of amides is 1. The van der Waals surface area contributed by atoms with Gasteiger partial charge in [0.25, 0.3) is 0 Å². The van der Waals surface area contributed by atoms with Crippen LogP contribution in [0.3, 0.4) is 0 Å². The summed E-state index contributed by atoms with van der Waals surface area (Å²) < 4.78 is 6.18. The van der Waals surface area contributed by atoms with Gasteiger partial charge in [-0.3, -0.25) is 0 Å². The highest BCUT2D eigenvalue weighted by atomic mass is 79.9. The minimum absolute atomic E-state index is 0.0702. The smallest absolute Gasteiger partial charge is 0.408 e. The van der Waals surface area contributed by atoms with E-state index < -0.39 is 5.60 Å². The molecule has 2 aliphatic rings. The van der Waals surface area contributed by atoms with Crippen LogP contribution < -0.4 is 10.2 Å². The largest absolute Gasteiger partial charge is 0.444 e. The van der Waals surface area contributed by atoms with Gasteiger partial charge in [0, 0.05) is 18.5 Å². The lowest BCUT2D eigenvalue weighted by Crippen LogP contribution is -2.48. The van der Waals surface area contributed by atoms with Gasteiger partial charge in [0.1, 0.15) is 15.9 Å². The SMILES string of the molecule is CC(C)(C)OC(=O)N[C@@H]1c2ccccc2CC12CCN(c1ncc(Br)nc1CO)CC2. The van der Waals surface area contributed by atoms with E-state index in [1.807, 2.05) is 26.8 Å². The second-order valence-corrected chi connectivity index (χ2v) is 10.2. The summed E-state index contributed by atoms with van der Waals surface area (Å²) in [6, 6.07) is 8.27. The van der Waals surface area contributed by atoms with Crippen molar-refractivity contribution in [2.24, 2.45) is 5.41 Å². The number of aliphatic hydroxyl groups excluding tert-OH is 1. The van der Waals surface area contributed by atoms with Crippen LogP contribution in [0, 0.1) is 5.41 Å². The first-order chi connectivity index (χ1) is 14.7. The topological polar surface area (TPSA) is 87.6 Å². The predicted molar refractivity (Wildman–Crippen MR) is 122 cm³/mol. The standard InChI is InChI=1S/C23H29BrN4O3/c1-22(2,3)31-21(30)27-19-16-7-5-4-6-15(16)12-23(19)8-10-28(11-9-23)20-17(14-29)26-18(24)13-25-20/h4-7,13,19,29H,8-12,14H2,1-3H3,(H,27,30)/t19-/m1/s1. The minimum Gasteiger partial charge on any atom is -0.444 e. The molecule has 1 fully saturated rings. The van der Waals surface area contributed by atoms with Crippen molar-refractivity contribution in [1.82, 2.24) is 15.3 Å². The molecule has 1 amide bonds. The highest BCUT2D eigenvalue weighted by Gasteiger charge is 2.48. The molecule has 2 heterocycles. The molecule has 0 bridgehead atoms. The van der Waals surface area contributed by atoms with Gasteiger partial charge in [-0.15, -0.1) is 0 Å². The third-order valence-corrected chi connectivity index (χ3v) is 6.57. The number of nitrogens with zero attached hydrogens (tertiary/aromatic N) is 3. The molecule has 0 unspecified atom stereocenters. The maximum absolute atomic E-state index is 12.7. The molecule has 1 aliphatic heterocycles. The molecule has 1 atom stereocenters. The maximum atomic E-state index is 12.7. The first-order valence-corrected chi connectivity index (χ1v) is 11.4. The van der Waals surface area contributed by atoms with Crippen molar-refractivity contribution in [1.29, 1.82) is 0 Å². The molecule has 1 aliphatic carbocycles. The number of alkyl carbamates (subject to hydrolysis) is 1. The summed E-state index contributed by atoms with van der Waals surface area (Å²) >= 11 is 3.32. The molecule has 1 spiro atoms. The fraction of sp³-hybridized carbons (Fsp3) is 0.522. The highest BCUT2D eigenvalue weighted by molar-refractivity contribution is 9.10. The van der Waals surface area contributed by atoms with Crippen LogP contribution in [0.1, 0.15) is 56.5 Å². The Kier molecular flexibility index (Phi) is 5.96. The second kappa shape index (κ2) is 8.39. The van der Waals surface area contributed by atoms with Crippen molar-refractivity contribution < 1.29 is 14.6 Å². The number of nitrogens with one attached hydrogen (secondary N) is 1. The summed E-state index contributed by atoms with van der Waals surface area (Å²) in [5.41, 5.74) is 2.43. The quantitative estimate of drug-likeness (QED) is 0.674. The first-order valence-electron chi connectivity index (χ1n) is 10.7. The molecule has 1 saturated heterocycles. The Morgan fingerprint density at radius 2 is 2.03 bits per heavy atom. The fourth-order valence-electron chi connectivity index (χ4n) is 4.84. The zero-order valence-electron chi connectivity index (χ0n) is 18.2. The van der Waals surface area contributed by atoms with Crippen molar-refractivity contribution in [3.63, 3.8) is 0 Å². The number of carbonyl (C=O) groups is 1. The van der Waals surface area contributed by atoms with Gasteiger partial charge in [0.2, 0.25) is 0 Å². The number of ether oxygens (including phenoxy) is 1. The zero-order chi connectivity index (χ0) is 22.2. The van der Waals surface area contributed by atoms with Crippen LogP contribution in [0.15, 0.2) is 35.1 Å². The van der Waals surface area contributed by atoms with E-state index >= 15 is 0 Å². The van der Waals surface area contributed by atoms with Crippen LogP contribution in [0.25, 0.3) is 0 Å². The van der Waals surface area contributed by atoms with Crippen LogP contribution in [-0.4, -0.2) is 39.9 Å². The van der Waals surface area contributed by atoms with Crippen molar-refractivity contribution in [3.8, 4) is 0 Å². The van der Waals surface area contributed by atoms with Gasteiger partial charge in [-0.1, -0.05) is 24.3 Å². The number of piperidine rings is 1. The number of anilines is 1. The number of benzene rings is 1. The van der Waals surface area contributed by atoms with Gasteiger partial charge < -0.3 is 20.1 Å². The summed E-state index contributed by atoms with van der Waals surface area (Å²) in [6.07, 6.45) is 4.00. The molecule has 166 valence electrons. The van der Waals surface area contributed by atoms with E-state index in [0.717, 1.165) is 38.2 Å². The molecule has 8 heteroatoms. The van der Waals surface area contributed by atoms with Gasteiger partial charge in [0.15, 0.2) is 5.82 Å². The summed E-state index contributed by atoms with van der Waals surface area (Å²) in [5.74, 6) is 0.729. The molecule has 1 aromatic carbocycles. The third-order valence-electron chi connectivity index (χ3n) is 6.18. The molecule has 7 nitrogen and oxygen atoms in total. The van der Waals surface area contributed by atoms with Crippen LogP contribution >= 0.6 is 15.9 Å². The van der Waals surface area contributed by atoms with Gasteiger partial charge in [-0.2, -0.15) is 0 Å². The van der Waals surface area contributed by atoms with Crippen LogP contribution in [0.4, 0.5) is 10.6 Å². The monoisotopic (exact) mass is 488 g/mol. The Hall–Kier alpha value is -2.19. The van der Waals surface area contributed by atoms with Crippen LogP contribution in [0.5, 0.6) is 0 Å². The molecule has 2 aromatic rings. The van der Waals surface area contributed by atoms with Crippen LogP contribution in [-0.2, 0) is 17.8 Å². The maximum Gasteiger partial charge on any atom is 0.408 e. The number of fused-ring (bicyclic) bond motifs is 1. The molecular formula is C23H29BrN4O3. The highest BCUT2D eigenvalue weighted by Crippen LogP contribution is 2.52. The Morgan fingerprint density at radius 3 is 2.71 bits per heavy atom. The zero-order valence-corrected chi connectivity index (χ0v) is 19.8. The van der Waals surface area contributed by atoms with Gasteiger partial charge in [-0.25, -0.2) is 14.8 Å². The number of hydrogen-bond acceptors (Lipinski definition) is 6. The lowest BCUT2D eigenvalue weighted by Gasteiger charge is -2.44. The van der Waals surface area contributed by atoms with Gasteiger partial charge >= 0.3 is 6.09 Å². The molecular weight excluding hydrogens is 460 g/mol. The molecule has 2 N–H and O–H groups in total. The average Bonchev–Trinajstić information content (AvgIpc) is 3.00. The molecule has 31 heavy (non-hydrogen) atoms. The van der Waals surface area contributed by atoms with Crippen LogP contribution in [0.2, 0.25) is 0 Å². The van der Waals surface area contributed by atoms with Gasteiger partial charge in [0.05, 0.1) is 18.8 Å². The molecule has 4 rings (SSSR count). The fourth-order valence-corrected chi connectivity index (χ4v) is 5.16. The normalized spacial score (nSPS) is 19.9. The van der Waals surface area contributed by atoms with E-state index in [0.29, 0.717) is 10.3 Å². The minimum atomic E-state index is -0.542. The summed E-state index contributed by atoms with van der Waals surface area (Å²) in [6.45, 7) is 7.04. The van der Waals surface area contributed by atoms with Crippen molar-refractivity contribution in [2.45, 2.75) is 58.3 Å². The van der Waals surface area contributed by atoms with Crippen molar-refractivity contribution in [3.05, 3.63) is 51.9 Å². The second-order valence-electron chi connectivity index (χ2n) is 9.43. The van der Waals surface area contributed by atoms with E-state index in [2.05, 4.69) is 54.3 Å². The molecule has 0 saturated carbocycles. The Morgan fingerprint density at radius 1 is 1.32 bits per heavy atom. The van der Waals surface area contributed by atoms with Crippen molar-refractivity contribution >= 4 is 27.8 Å². The third kappa shape index (κ3) is 4.55. The number of halogens is 1. The van der Waals surface area contributed by atoms with E-state index in [1.165, 1.54) is 11.1 Å². The molecule has 1 aromatic heterocycles. The predicted octanol–water partition coefficient (Wildman–Crippen LogP) is 4.14. The summed E-state index contributed by atoms with van der Waals surface area (Å²) in [4.78, 5) is 23.7. The average molecular weight is 489 g/mol. The Balaban J connectivity index is 1.56. The number of carbonyl (C=O) groups excluding carboxylic acids is 1.